The predicted octanol–water partition coefficient (Wildman–Crippen LogP) is 1.87. The largest absolute Gasteiger partial charge is 0.493 e. The van der Waals surface area contributed by atoms with Gasteiger partial charge in [0.2, 0.25) is 0 Å². The Morgan fingerprint density at radius 2 is 2.00 bits per heavy atom. The second kappa shape index (κ2) is 4.96. The van der Waals surface area contributed by atoms with Crippen LogP contribution in [0.5, 0.6) is 5.75 Å². The second-order valence-electron chi connectivity index (χ2n) is 5.33. The lowest BCUT2D eigenvalue weighted by molar-refractivity contribution is 0.188. The molecule has 1 aromatic rings. The van der Waals surface area contributed by atoms with Crippen molar-refractivity contribution in [2.75, 3.05) is 46.2 Å². The van der Waals surface area contributed by atoms with Crippen molar-refractivity contribution in [2.45, 2.75) is 6.42 Å². The lowest BCUT2D eigenvalue weighted by atomic mass is 9.96. The molecule has 0 amide bonds. The van der Waals surface area contributed by atoms with E-state index in [0.29, 0.717) is 5.92 Å². The highest BCUT2D eigenvalue weighted by Crippen LogP contribution is 2.31. The summed E-state index contributed by atoms with van der Waals surface area (Å²) in [5.74, 6) is 1.67. The maximum absolute atomic E-state index is 5.87. The Labute approximate surface area is 104 Å². The lowest BCUT2D eigenvalue weighted by Gasteiger charge is -2.28. The molecule has 0 radical (unpaired) electrons. The van der Waals surface area contributed by atoms with Crippen LogP contribution in [-0.2, 0) is 6.42 Å². The molecule has 1 unspecified atom stereocenters. The average Bonchev–Trinajstić information content (AvgIpc) is 2.27. The highest BCUT2D eigenvalue weighted by molar-refractivity contribution is 5.53. The maximum atomic E-state index is 5.87. The van der Waals surface area contributed by atoms with Gasteiger partial charge in [-0.1, -0.05) is 6.07 Å². The first-order valence-electron chi connectivity index (χ1n) is 6.14. The molecule has 2 rings (SSSR count). The van der Waals surface area contributed by atoms with Crippen molar-refractivity contribution in [3.63, 3.8) is 0 Å². The monoisotopic (exact) mass is 234 g/mol. The van der Waals surface area contributed by atoms with Crippen LogP contribution in [0.1, 0.15) is 5.56 Å². The summed E-state index contributed by atoms with van der Waals surface area (Å²) in [5, 5.41) is 0. The first-order valence-corrected chi connectivity index (χ1v) is 6.14. The third-order valence-corrected chi connectivity index (χ3v) is 3.17. The van der Waals surface area contributed by atoms with Gasteiger partial charge < -0.3 is 14.5 Å². The summed E-state index contributed by atoms with van der Waals surface area (Å²) < 4.78 is 5.87. The summed E-state index contributed by atoms with van der Waals surface area (Å²) in [6, 6.07) is 6.51. The maximum Gasteiger partial charge on any atom is 0.124 e. The van der Waals surface area contributed by atoms with Gasteiger partial charge in [0.15, 0.2) is 0 Å². The SMILES string of the molecule is CN(C)CC1COc2cc(N(C)C)ccc2C1. The van der Waals surface area contributed by atoms with Gasteiger partial charge in [0.25, 0.3) is 0 Å². The van der Waals surface area contributed by atoms with E-state index in [9.17, 15) is 0 Å². The minimum atomic E-state index is 0.614. The van der Waals surface area contributed by atoms with E-state index in [0.717, 1.165) is 25.3 Å². The van der Waals surface area contributed by atoms with Crippen LogP contribution in [0.3, 0.4) is 0 Å². The summed E-state index contributed by atoms with van der Waals surface area (Å²) in [7, 11) is 8.34. The van der Waals surface area contributed by atoms with Crippen LogP contribution in [0.15, 0.2) is 18.2 Å². The highest BCUT2D eigenvalue weighted by Gasteiger charge is 2.20. The van der Waals surface area contributed by atoms with Crippen LogP contribution in [0, 0.1) is 5.92 Å². The molecule has 1 atom stereocenters. The predicted molar refractivity (Wildman–Crippen MR) is 72.0 cm³/mol. The van der Waals surface area contributed by atoms with E-state index in [-0.39, 0.29) is 0 Å². The number of nitrogens with zero attached hydrogens (tertiary/aromatic N) is 2. The van der Waals surface area contributed by atoms with E-state index in [1.165, 1.54) is 11.3 Å². The topological polar surface area (TPSA) is 15.7 Å². The van der Waals surface area contributed by atoms with Gasteiger partial charge >= 0.3 is 0 Å². The smallest absolute Gasteiger partial charge is 0.124 e. The minimum absolute atomic E-state index is 0.614. The van der Waals surface area contributed by atoms with E-state index < -0.39 is 0 Å². The Bertz CT molecular complexity index is 388. The van der Waals surface area contributed by atoms with Gasteiger partial charge in [-0.15, -0.1) is 0 Å². The summed E-state index contributed by atoms with van der Waals surface area (Å²) >= 11 is 0. The van der Waals surface area contributed by atoms with Gasteiger partial charge in [0, 0.05) is 38.3 Å². The van der Waals surface area contributed by atoms with Crippen molar-refractivity contribution in [1.29, 1.82) is 0 Å². The van der Waals surface area contributed by atoms with Crippen LogP contribution in [0.4, 0.5) is 5.69 Å². The standard InChI is InChI=1S/C14H22N2O/c1-15(2)9-11-7-12-5-6-13(16(3)4)8-14(12)17-10-11/h5-6,8,11H,7,9-10H2,1-4H3. The number of rotatable bonds is 3. The Morgan fingerprint density at radius 3 is 2.65 bits per heavy atom. The van der Waals surface area contributed by atoms with Crippen LogP contribution >= 0.6 is 0 Å². The zero-order chi connectivity index (χ0) is 12.4. The fraction of sp³-hybridized carbons (Fsp3) is 0.571. The van der Waals surface area contributed by atoms with Crippen molar-refractivity contribution < 1.29 is 4.74 Å². The molecule has 0 spiro atoms. The van der Waals surface area contributed by atoms with E-state index in [2.05, 4.69) is 56.2 Å². The van der Waals surface area contributed by atoms with Gasteiger partial charge in [0.1, 0.15) is 5.75 Å². The van der Waals surface area contributed by atoms with Crippen LogP contribution in [0.25, 0.3) is 0 Å². The molecule has 1 aliphatic heterocycles. The molecule has 94 valence electrons. The van der Waals surface area contributed by atoms with Gasteiger partial charge in [0.05, 0.1) is 6.61 Å². The third-order valence-electron chi connectivity index (χ3n) is 3.17. The molecule has 3 heteroatoms. The number of anilines is 1. The Kier molecular flexibility index (Phi) is 3.57. The fourth-order valence-corrected chi connectivity index (χ4v) is 2.34. The molecule has 3 nitrogen and oxygen atoms in total. The minimum Gasteiger partial charge on any atom is -0.493 e. The lowest BCUT2D eigenvalue weighted by Crippen LogP contribution is -2.30. The van der Waals surface area contributed by atoms with Crippen molar-refractivity contribution in [2.24, 2.45) is 5.92 Å². The fourth-order valence-electron chi connectivity index (χ4n) is 2.34. The van der Waals surface area contributed by atoms with E-state index in [4.69, 9.17) is 4.74 Å². The van der Waals surface area contributed by atoms with Gasteiger partial charge in [-0.25, -0.2) is 0 Å². The Balaban J connectivity index is 2.12. The van der Waals surface area contributed by atoms with Crippen LogP contribution in [0.2, 0.25) is 0 Å². The van der Waals surface area contributed by atoms with Crippen molar-refractivity contribution in [3.8, 4) is 5.75 Å². The Morgan fingerprint density at radius 1 is 1.24 bits per heavy atom. The molecule has 0 saturated heterocycles. The quantitative estimate of drug-likeness (QED) is 0.794. The van der Waals surface area contributed by atoms with Crippen LogP contribution < -0.4 is 9.64 Å². The van der Waals surface area contributed by atoms with Gasteiger partial charge in [-0.2, -0.15) is 0 Å². The average molecular weight is 234 g/mol. The first kappa shape index (κ1) is 12.2. The summed E-state index contributed by atoms with van der Waals surface area (Å²) in [6.45, 7) is 1.93. The third kappa shape index (κ3) is 2.91. The molecule has 0 saturated carbocycles. The number of ether oxygens (including phenoxy) is 1. The number of fused-ring (bicyclic) bond motifs is 1. The second-order valence-corrected chi connectivity index (χ2v) is 5.33. The van der Waals surface area contributed by atoms with Gasteiger partial charge in [-0.3, -0.25) is 0 Å². The molecule has 0 bridgehead atoms. The van der Waals surface area contributed by atoms with Crippen LogP contribution in [-0.4, -0.2) is 46.2 Å². The van der Waals surface area contributed by atoms with Gasteiger partial charge in [-0.05, 0) is 32.1 Å². The normalized spacial score (nSPS) is 18.8. The summed E-state index contributed by atoms with van der Waals surface area (Å²) in [5.41, 5.74) is 2.54. The molecule has 0 aromatic heterocycles. The van der Waals surface area contributed by atoms with E-state index in [1.54, 1.807) is 0 Å². The van der Waals surface area contributed by atoms with Crippen molar-refractivity contribution in [3.05, 3.63) is 23.8 Å². The summed E-state index contributed by atoms with van der Waals surface area (Å²) in [4.78, 5) is 4.34. The molecule has 1 aliphatic rings. The number of benzene rings is 1. The molecule has 0 aliphatic carbocycles. The summed E-state index contributed by atoms with van der Waals surface area (Å²) in [6.07, 6.45) is 1.13. The first-order chi connectivity index (χ1) is 8.06. The number of hydrogen-bond donors (Lipinski definition) is 0. The molecule has 1 aromatic carbocycles. The van der Waals surface area contributed by atoms with E-state index in [1.807, 2.05) is 0 Å². The molecule has 1 heterocycles. The van der Waals surface area contributed by atoms with Crippen molar-refractivity contribution >= 4 is 5.69 Å². The number of hydrogen-bond acceptors (Lipinski definition) is 3. The zero-order valence-corrected chi connectivity index (χ0v) is 11.2. The highest BCUT2D eigenvalue weighted by atomic mass is 16.5. The molecule has 0 N–H and O–H groups in total. The molecule has 17 heavy (non-hydrogen) atoms. The molecule has 0 fully saturated rings. The Hall–Kier alpha value is -1.22. The zero-order valence-electron chi connectivity index (χ0n) is 11.2. The van der Waals surface area contributed by atoms with Crippen molar-refractivity contribution in [1.82, 2.24) is 4.90 Å². The molecular formula is C14H22N2O. The van der Waals surface area contributed by atoms with E-state index >= 15 is 0 Å². The molecular weight excluding hydrogens is 212 g/mol.